The van der Waals surface area contributed by atoms with Gasteiger partial charge in [0.25, 0.3) is 0 Å². The van der Waals surface area contributed by atoms with E-state index < -0.39 is 23.3 Å². The highest BCUT2D eigenvalue weighted by molar-refractivity contribution is 6.09. The van der Waals surface area contributed by atoms with Crippen LogP contribution in [-0.4, -0.2) is 31.4 Å². The van der Waals surface area contributed by atoms with Crippen LogP contribution in [0.4, 0.5) is 0 Å². The first kappa shape index (κ1) is 13.6. The number of hydrogen-bond donors (Lipinski definition) is 0. The molecule has 1 saturated heterocycles. The van der Waals surface area contributed by atoms with Crippen molar-refractivity contribution in [2.75, 3.05) is 13.7 Å². The molecular formula is C15H20O5. The van der Waals surface area contributed by atoms with Gasteiger partial charge in [-0.25, -0.2) is 0 Å². The Hall–Kier alpha value is -1.39. The molecule has 20 heavy (non-hydrogen) atoms. The molecule has 1 aliphatic heterocycles. The molecule has 2 aliphatic carbocycles. The zero-order valence-electron chi connectivity index (χ0n) is 11.9. The summed E-state index contributed by atoms with van der Waals surface area (Å²) in [4.78, 5) is 37.3. The minimum Gasteiger partial charge on any atom is -0.468 e. The van der Waals surface area contributed by atoms with Crippen LogP contribution in [-0.2, 0) is 23.9 Å². The lowest BCUT2D eigenvalue weighted by Gasteiger charge is -2.36. The van der Waals surface area contributed by atoms with E-state index in [0.29, 0.717) is 19.4 Å². The summed E-state index contributed by atoms with van der Waals surface area (Å²) < 4.78 is 10.1. The lowest BCUT2D eigenvalue weighted by molar-refractivity contribution is -0.170. The molecule has 0 aromatic heterocycles. The van der Waals surface area contributed by atoms with E-state index in [1.165, 1.54) is 7.11 Å². The van der Waals surface area contributed by atoms with E-state index in [2.05, 4.69) is 6.92 Å². The van der Waals surface area contributed by atoms with Crippen molar-refractivity contribution in [1.82, 2.24) is 0 Å². The minimum atomic E-state index is -1.29. The summed E-state index contributed by atoms with van der Waals surface area (Å²) in [6.45, 7) is 2.41. The Morgan fingerprint density at radius 1 is 1.30 bits per heavy atom. The van der Waals surface area contributed by atoms with Gasteiger partial charge in [0.05, 0.1) is 19.6 Å². The summed E-state index contributed by atoms with van der Waals surface area (Å²) in [6, 6.07) is 0. The number of carbonyl (C=O) groups is 3. The lowest BCUT2D eigenvalue weighted by Crippen LogP contribution is -2.51. The van der Waals surface area contributed by atoms with Crippen LogP contribution in [0, 0.1) is 29.1 Å². The van der Waals surface area contributed by atoms with Gasteiger partial charge in [0.15, 0.2) is 5.78 Å². The molecule has 110 valence electrons. The Bertz CT molecular complexity index is 471. The fourth-order valence-corrected chi connectivity index (χ4v) is 4.68. The Balaban J connectivity index is 2.17. The minimum absolute atomic E-state index is 0.0314. The second-order valence-corrected chi connectivity index (χ2v) is 6.35. The molecule has 3 aliphatic rings. The van der Waals surface area contributed by atoms with Crippen LogP contribution in [0.2, 0.25) is 0 Å². The molecule has 0 spiro atoms. The molecule has 5 atom stereocenters. The first-order valence-electron chi connectivity index (χ1n) is 7.31. The van der Waals surface area contributed by atoms with E-state index >= 15 is 0 Å². The summed E-state index contributed by atoms with van der Waals surface area (Å²) >= 11 is 0. The van der Waals surface area contributed by atoms with Gasteiger partial charge >= 0.3 is 11.9 Å². The number of hydrogen-bond acceptors (Lipinski definition) is 5. The van der Waals surface area contributed by atoms with Crippen molar-refractivity contribution in [3.63, 3.8) is 0 Å². The van der Waals surface area contributed by atoms with Gasteiger partial charge in [-0.3, -0.25) is 14.4 Å². The normalized spacial score (nSPS) is 43.5. The maximum absolute atomic E-state index is 12.6. The molecule has 0 amide bonds. The summed E-state index contributed by atoms with van der Waals surface area (Å²) in [7, 11) is 1.30. The predicted octanol–water partition coefficient (Wildman–Crippen LogP) is 1.34. The third kappa shape index (κ3) is 1.52. The summed E-state index contributed by atoms with van der Waals surface area (Å²) in [5.41, 5.74) is -1.29. The molecule has 1 heterocycles. The van der Waals surface area contributed by atoms with Gasteiger partial charge in [-0.15, -0.1) is 0 Å². The topological polar surface area (TPSA) is 69.7 Å². The largest absolute Gasteiger partial charge is 0.468 e. The fourth-order valence-electron chi connectivity index (χ4n) is 4.68. The molecule has 0 radical (unpaired) electrons. The Morgan fingerprint density at radius 3 is 2.75 bits per heavy atom. The zero-order valence-corrected chi connectivity index (χ0v) is 11.9. The van der Waals surface area contributed by atoms with Gasteiger partial charge in [0, 0.05) is 12.3 Å². The van der Waals surface area contributed by atoms with Crippen molar-refractivity contribution in [2.24, 2.45) is 29.1 Å². The molecular weight excluding hydrogens is 260 g/mol. The second-order valence-electron chi connectivity index (χ2n) is 6.35. The van der Waals surface area contributed by atoms with Gasteiger partial charge < -0.3 is 9.47 Å². The number of carbonyl (C=O) groups excluding carboxylic acids is 3. The molecule has 5 nitrogen and oxygen atoms in total. The van der Waals surface area contributed by atoms with Crippen LogP contribution < -0.4 is 0 Å². The smallest absolute Gasteiger partial charge is 0.320 e. The number of Topliss-reactive ketones (excluding diaryl/α,β-unsaturated/α-hetero) is 1. The van der Waals surface area contributed by atoms with Crippen molar-refractivity contribution in [3.05, 3.63) is 0 Å². The van der Waals surface area contributed by atoms with Gasteiger partial charge in [0.2, 0.25) is 0 Å². The molecule has 3 fully saturated rings. The molecule has 0 aromatic carbocycles. The Kier molecular flexibility index (Phi) is 3.10. The number of methoxy groups -OCH3 is 1. The lowest BCUT2D eigenvalue weighted by atomic mass is 9.63. The third-order valence-corrected chi connectivity index (χ3v) is 5.59. The molecule has 2 saturated carbocycles. The Morgan fingerprint density at radius 2 is 2.05 bits per heavy atom. The SMILES string of the molecule is COC(=O)[C@@]12C(=O)CC[C@@H]1[C@@H](C)CC[C@@H]1COC(=O)[C@@H]12. The highest BCUT2D eigenvalue weighted by atomic mass is 16.5. The number of cyclic esters (lactones) is 1. The van der Waals surface area contributed by atoms with Crippen LogP contribution in [0.5, 0.6) is 0 Å². The van der Waals surface area contributed by atoms with E-state index in [0.717, 1.165) is 12.8 Å². The van der Waals surface area contributed by atoms with E-state index in [1.807, 2.05) is 0 Å². The van der Waals surface area contributed by atoms with E-state index in [4.69, 9.17) is 9.47 Å². The van der Waals surface area contributed by atoms with Crippen molar-refractivity contribution in [2.45, 2.75) is 32.6 Å². The first-order chi connectivity index (χ1) is 9.53. The first-order valence-corrected chi connectivity index (χ1v) is 7.31. The summed E-state index contributed by atoms with van der Waals surface area (Å²) in [6.07, 6.45) is 2.79. The van der Waals surface area contributed by atoms with Crippen LogP contribution >= 0.6 is 0 Å². The average Bonchev–Trinajstić information content (AvgIpc) is 2.93. The summed E-state index contributed by atoms with van der Waals surface area (Å²) in [5, 5.41) is 0. The highest BCUT2D eigenvalue weighted by Gasteiger charge is 2.68. The number of rotatable bonds is 1. The van der Waals surface area contributed by atoms with Crippen molar-refractivity contribution in [1.29, 1.82) is 0 Å². The third-order valence-electron chi connectivity index (χ3n) is 5.59. The number of esters is 2. The van der Waals surface area contributed by atoms with E-state index in [9.17, 15) is 14.4 Å². The van der Waals surface area contributed by atoms with Crippen LogP contribution in [0.25, 0.3) is 0 Å². The number of ketones is 1. The number of ether oxygens (including phenoxy) is 2. The van der Waals surface area contributed by atoms with Crippen LogP contribution in [0.3, 0.4) is 0 Å². The van der Waals surface area contributed by atoms with Gasteiger partial charge in [-0.05, 0) is 31.1 Å². The molecule has 0 N–H and O–H groups in total. The monoisotopic (exact) mass is 280 g/mol. The molecule has 3 rings (SSSR count). The van der Waals surface area contributed by atoms with Crippen molar-refractivity contribution >= 4 is 17.7 Å². The van der Waals surface area contributed by atoms with Gasteiger partial charge in [-0.2, -0.15) is 0 Å². The average molecular weight is 280 g/mol. The second kappa shape index (κ2) is 4.57. The van der Waals surface area contributed by atoms with Crippen LogP contribution in [0.1, 0.15) is 32.6 Å². The molecule has 0 unspecified atom stereocenters. The van der Waals surface area contributed by atoms with Gasteiger partial charge in [0.1, 0.15) is 5.41 Å². The summed E-state index contributed by atoms with van der Waals surface area (Å²) in [5.74, 6) is -1.57. The van der Waals surface area contributed by atoms with Gasteiger partial charge in [-0.1, -0.05) is 6.92 Å². The zero-order chi connectivity index (χ0) is 14.5. The number of fused-ring (bicyclic) bond motifs is 3. The van der Waals surface area contributed by atoms with Crippen molar-refractivity contribution < 1.29 is 23.9 Å². The molecule has 0 aromatic rings. The molecule has 0 bridgehead atoms. The fraction of sp³-hybridized carbons (Fsp3) is 0.800. The predicted molar refractivity (Wildman–Crippen MR) is 68.5 cm³/mol. The Labute approximate surface area is 118 Å². The maximum atomic E-state index is 12.6. The van der Waals surface area contributed by atoms with Crippen LogP contribution in [0.15, 0.2) is 0 Å². The maximum Gasteiger partial charge on any atom is 0.320 e. The quantitative estimate of drug-likeness (QED) is 0.535. The highest BCUT2D eigenvalue weighted by Crippen LogP contribution is 2.58. The van der Waals surface area contributed by atoms with Crippen molar-refractivity contribution in [3.8, 4) is 0 Å². The standard InChI is InChI=1S/C15H20O5/c1-8-3-4-9-7-20-13(17)12(9)15(14(18)19-2)10(8)5-6-11(15)16/h8-10,12H,3-7H2,1-2H3/t8-,9+,10+,12+,15+/m0/s1. The van der Waals surface area contributed by atoms with E-state index in [-0.39, 0.29) is 23.5 Å². The molecule has 5 heteroatoms. The van der Waals surface area contributed by atoms with E-state index in [1.54, 1.807) is 0 Å².